The Balaban J connectivity index is 2.35. The highest BCUT2D eigenvalue weighted by Crippen LogP contribution is 2.21. The van der Waals surface area contributed by atoms with E-state index in [1.165, 1.54) is 0 Å². The van der Waals surface area contributed by atoms with E-state index in [1.807, 2.05) is 23.9 Å². The second-order valence-corrected chi connectivity index (χ2v) is 4.66. The predicted molar refractivity (Wildman–Crippen MR) is 74.0 cm³/mol. The van der Waals surface area contributed by atoms with Crippen LogP contribution >= 0.6 is 11.6 Å². The fourth-order valence-corrected chi connectivity index (χ4v) is 1.90. The standard InChI is InChI=1S/C13H17ClN4O/c1-4-6-18-7-5-10(17-18)11-8-12(14)16-13(15-11)9(2)19-3/h5,7-9H,4,6H2,1-3H3/t9-/m0/s1. The second kappa shape index (κ2) is 6.12. The Kier molecular flexibility index (Phi) is 4.50. The van der Waals surface area contributed by atoms with Crippen LogP contribution in [0, 0.1) is 0 Å². The normalized spacial score (nSPS) is 12.6. The molecular weight excluding hydrogens is 264 g/mol. The Hall–Kier alpha value is -1.46. The van der Waals surface area contributed by atoms with Gasteiger partial charge < -0.3 is 4.74 Å². The van der Waals surface area contributed by atoms with Crippen molar-refractivity contribution < 1.29 is 4.74 Å². The summed E-state index contributed by atoms with van der Waals surface area (Å²) in [6, 6.07) is 3.64. The van der Waals surface area contributed by atoms with Crippen LogP contribution in [0.5, 0.6) is 0 Å². The van der Waals surface area contributed by atoms with Gasteiger partial charge in [0.05, 0.1) is 5.69 Å². The first-order valence-corrected chi connectivity index (χ1v) is 6.63. The molecule has 0 saturated heterocycles. The molecule has 0 N–H and O–H groups in total. The third kappa shape index (κ3) is 3.30. The molecule has 0 aliphatic rings. The van der Waals surface area contributed by atoms with Crippen LogP contribution in [0.3, 0.4) is 0 Å². The lowest BCUT2D eigenvalue weighted by Crippen LogP contribution is -2.04. The molecule has 0 aromatic carbocycles. The molecule has 0 amide bonds. The first kappa shape index (κ1) is 14.0. The van der Waals surface area contributed by atoms with Crippen LogP contribution in [0.4, 0.5) is 0 Å². The van der Waals surface area contributed by atoms with Crippen molar-refractivity contribution in [3.05, 3.63) is 29.3 Å². The van der Waals surface area contributed by atoms with Crippen molar-refractivity contribution in [2.24, 2.45) is 0 Å². The van der Waals surface area contributed by atoms with Crippen LogP contribution in [0.15, 0.2) is 18.3 Å². The summed E-state index contributed by atoms with van der Waals surface area (Å²) in [5.41, 5.74) is 1.51. The highest BCUT2D eigenvalue weighted by molar-refractivity contribution is 6.29. The number of ether oxygens (including phenoxy) is 1. The van der Waals surface area contributed by atoms with E-state index >= 15 is 0 Å². The van der Waals surface area contributed by atoms with E-state index in [4.69, 9.17) is 16.3 Å². The molecule has 0 saturated carbocycles. The maximum absolute atomic E-state index is 6.03. The van der Waals surface area contributed by atoms with E-state index in [2.05, 4.69) is 22.0 Å². The molecule has 0 aliphatic heterocycles. The summed E-state index contributed by atoms with van der Waals surface area (Å²) in [7, 11) is 1.62. The zero-order chi connectivity index (χ0) is 13.8. The molecule has 0 unspecified atom stereocenters. The number of aryl methyl sites for hydroxylation is 1. The molecular formula is C13H17ClN4O. The van der Waals surface area contributed by atoms with Gasteiger partial charge in [0.1, 0.15) is 17.0 Å². The molecule has 0 bridgehead atoms. The number of rotatable bonds is 5. The van der Waals surface area contributed by atoms with Crippen LogP contribution in [0.2, 0.25) is 5.15 Å². The van der Waals surface area contributed by atoms with Crippen LogP contribution in [-0.2, 0) is 11.3 Å². The van der Waals surface area contributed by atoms with Crippen LogP contribution < -0.4 is 0 Å². The van der Waals surface area contributed by atoms with Crippen LogP contribution in [0.25, 0.3) is 11.4 Å². The molecule has 0 spiro atoms. The molecule has 5 nitrogen and oxygen atoms in total. The molecule has 2 aromatic rings. The molecule has 0 radical (unpaired) electrons. The lowest BCUT2D eigenvalue weighted by Gasteiger charge is -2.09. The lowest BCUT2D eigenvalue weighted by molar-refractivity contribution is 0.112. The number of aromatic nitrogens is 4. The van der Waals surface area contributed by atoms with Gasteiger partial charge in [-0.1, -0.05) is 18.5 Å². The van der Waals surface area contributed by atoms with Gasteiger partial charge in [0.25, 0.3) is 0 Å². The van der Waals surface area contributed by atoms with Gasteiger partial charge in [-0.3, -0.25) is 4.68 Å². The lowest BCUT2D eigenvalue weighted by atomic mass is 10.3. The van der Waals surface area contributed by atoms with Crippen molar-refractivity contribution in [3.63, 3.8) is 0 Å². The van der Waals surface area contributed by atoms with Crippen molar-refractivity contribution in [1.29, 1.82) is 0 Å². The quantitative estimate of drug-likeness (QED) is 0.790. The van der Waals surface area contributed by atoms with E-state index in [0.29, 0.717) is 16.7 Å². The summed E-state index contributed by atoms with van der Waals surface area (Å²) in [5.74, 6) is 0.565. The maximum atomic E-state index is 6.03. The highest BCUT2D eigenvalue weighted by Gasteiger charge is 2.12. The molecule has 0 fully saturated rings. The molecule has 2 rings (SSSR count). The Bertz CT molecular complexity index is 555. The summed E-state index contributed by atoms with van der Waals surface area (Å²) in [5, 5.41) is 4.86. The predicted octanol–water partition coefficient (Wildman–Crippen LogP) is 3.11. The summed E-state index contributed by atoms with van der Waals surface area (Å²) < 4.78 is 7.11. The average molecular weight is 281 g/mol. The molecule has 2 aromatic heterocycles. The van der Waals surface area contributed by atoms with Crippen LogP contribution in [0.1, 0.15) is 32.2 Å². The van der Waals surface area contributed by atoms with Crippen molar-refractivity contribution in [2.75, 3.05) is 7.11 Å². The van der Waals surface area contributed by atoms with Gasteiger partial charge in [-0.2, -0.15) is 5.10 Å². The molecule has 1 atom stereocenters. The smallest absolute Gasteiger partial charge is 0.159 e. The summed E-state index contributed by atoms with van der Waals surface area (Å²) in [6.07, 6.45) is 2.78. The monoisotopic (exact) mass is 280 g/mol. The zero-order valence-corrected chi connectivity index (χ0v) is 12.1. The third-order valence-electron chi connectivity index (χ3n) is 2.79. The van der Waals surface area contributed by atoms with E-state index in [-0.39, 0.29) is 6.10 Å². The van der Waals surface area contributed by atoms with Crippen LogP contribution in [-0.4, -0.2) is 26.9 Å². The zero-order valence-electron chi connectivity index (χ0n) is 11.3. The first-order chi connectivity index (χ1) is 9.13. The van der Waals surface area contributed by atoms with Gasteiger partial charge in [-0.05, 0) is 19.4 Å². The minimum atomic E-state index is -0.199. The Morgan fingerprint density at radius 3 is 2.84 bits per heavy atom. The Morgan fingerprint density at radius 1 is 1.37 bits per heavy atom. The van der Waals surface area contributed by atoms with Crippen molar-refractivity contribution in [2.45, 2.75) is 32.9 Å². The Labute approximate surface area is 117 Å². The number of hydrogen-bond donors (Lipinski definition) is 0. The Morgan fingerprint density at radius 2 is 2.16 bits per heavy atom. The fraction of sp³-hybridized carbons (Fsp3) is 0.462. The molecule has 6 heteroatoms. The summed E-state index contributed by atoms with van der Waals surface area (Å²) in [6.45, 7) is 4.88. The maximum Gasteiger partial charge on any atom is 0.159 e. The third-order valence-corrected chi connectivity index (χ3v) is 2.98. The summed E-state index contributed by atoms with van der Waals surface area (Å²) in [4.78, 5) is 8.62. The SMILES string of the molecule is CCCn1ccc(-c2cc(Cl)nc([C@H](C)OC)n2)n1. The van der Waals surface area contributed by atoms with Gasteiger partial charge in [-0.25, -0.2) is 9.97 Å². The second-order valence-electron chi connectivity index (χ2n) is 4.28. The molecule has 2 heterocycles. The van der Waals surface area contributed by atoms with E-state index in [0.717, 1.165) is 18.7 Å². The molecule has 102 valence electrons. The molecule has 19 heavy (non-hydrogen) atoms. The highest BCUT2D eigenvalue weighted by atomic mass is 35.5. The first-order valence-electron chi connectivity index (χ1n) is 6.25. The number of hydrogen-bond acceptors (Lipinski definition) is 4. The van der Waals surface area contributed by atoms with Gasteiger partial charge in [-0.15, -0.1) is 0 Å². The molecule has 0 aliphatic carbocycles. The fourth-order valence-electron chi connectivity index (χ4n) is 1.71. The number of halogens is 1. The largest absolute Gasteiger partial charge is 0.374 e. The van der Waals surface area contributed by atoms with Gasteiger partial charge in [0.2, 0.25) is 0 Å². The van der Waals surface area contributed by atoms with Gasteiger partial charge in [0, 0.05) is 25.9 Å². The van der Waals surface area contributed by atoms with Crippen molar-refractivity contribution >= 4 is 11.6 Å². The number of nitrogens with zero attached hydrogens (tertiary/aromatic N) is 4. The summed E-state index contributed by atoms with van der Waals surface area (Å²) >= 11 is 6.03. The van der Waals surface area contributed by atoms with E-state index < -0.39 is 0 Å². The minimum Gasteiger partial charge on any atom is -0.374 e. The van der Waals surface area contributed by atoms with Crippen molar-refractivity contribution in [3.8, 4) is 11.4 Å². The van der Waals surface area contributed by atoms with E-state index in [1.54, 1.807) is 13.2 Å². The van der Waals surface area contributed by atoms with Gasteiger partial charge >= 0.3 is 0 Å². The average Bonchev–Trinajstić information content (AvgIpc) is 2.86. The minimum absolute atomic E-state index is 0.199. The van der Waals surface area contributed by atoms with Crippen molar-refractivity contribution in [1.82, 2.24) is 19.7 Å². The number of methoxy groups -OCH3 is 1. The van der Waals surface area contributed by atoms with Gasteiger partial charge in [0.15, 0.2) is 5.82 Å². The van der Waals surface area contributed by atoms with E-state index in [9.17, 15) is 0 Å². The topological polar surface area (TPSA) is 52.8 Å².